The van der Waals surface area contributed by atoms with Crippen molar-refractivity contribution in [1.29, 1.82) is 0 Å². The summed E-state index contributed by atoms with van der Waals surface area (Å²) in [4.78, 5) is 20.4. The number of carboxylic acids is 1. The van der Waals surface area contributed by atoms with Gasteiger partial charge in [0.05, 0.1) is 5.57 Å². The van der Waals surface area contributed by atoms with Gasteiger partial charge in [0.2, 0.25) is 0 Å². The second-order valence-electron chi connectivity index (χ2n) is 2.49. The Hall–Kier alpha value is -1.16. The number of aliphatic carboxylic acids is 1. The zero-order chi connectivity index (χ0) is 8.65. The summed E-state index contributed by atoms with van der Waals surface area (Å²) in [5, 5.41) is 17.5. The standard InChI is InChI=1S/C6H7NO4/c7-4-1-6(11,5(9)10)3(4)2-8/h4,11H,1,7H2,(H,9,10). The van der Waals surface area contributed by atoms with Crippen LogP contribution >= 0.6 is 0 Å². The Kier molecular flexibility index (Phi) is 1.56. The maximum absolute atomic E-state index is 10.3. The van der Waals surface area contributed by atoms with Gasteiger partial charge in [-0.2, -0.15) is 0 Å². The summed E-state index contributed by atoms with van der Waals surface area (Å²) in [6.07, 6.45) is -0.118. The molecule has 0 radical (unpaired) electrons. The molecule has 0 bridgehead atoms. The van der Waals surface area contributed by atoms with Gasteiger partial charge in [-0.05, 0) is 0 Å². The molecule has 0 aliphatic heterocycles. The highest BCUT2D eigenvalue weighted by Gasteiger charge is 2.54. The molecule has 1 rings (SSSR count). The summed E-state index contributed by atoms with van der Waals surface area (Å²) in [7, 11) is 0. The van der Waals surface area contributed by atoms with E-state index in [2.05, 4.69) is 0 Å². The Bertz CT molecular complexity index is 255. The molecule has 1 aliphatic carbocycles. The monoisotopic (exact) mass is 157 g/mol. The predicted molar refractivity (Wildman–Crippen MR) is 34.4 cm³/mol. The topological polar surface area (TPSA) is 101 Å². The van der Waals surface area contributed by atoms with Gasteiger partial charge >= 0.3 is 5.97 Å². The SMILES string of the molecule is NC1CC(O)(C(=O)O)C1=C=O. The van der Waals surface area contributed by atoms with Crippen LogP contribution in [-0.2, 0) is 9.59 Å². The van der Waals surface area contributed by atoms with Crippen LogP contribution in [0.5, 0.6) is 0 Å². The van der Waals surface area contributed by atoms with E-state index in [4.69, 9.17) is 15.9 Å². The molecule has 1 saturated carbocycles. The highest BCUT2D eigenvalue weighted by molar-refractivity contribution is 5.88. The molecule has 0 heterocycles. The van der Waals surface area contributed by atoms with Gasteiger partial charge in [0.15, 0.2) is 5.60 Å². The van der Waals surface area contributed by atoms with Crippen LogP contribution in [0, 0.1) is 0 Å². The Morgan fingerprint density at radius 1 is 1.82 bits per heavy atom. The highest BCUT2D eigenvalue weighted by Crippen LogP contribution is 2.35. The molecule has 1 fully saturated rings. The molecule has 0 aromatic rings. The van der Waals surface area contributed by atoms with Crippen LogP contribution in [0.25, 0.3) is 0 Å². The number of aliphatic hydroxyl groups is 1. The number of carbonyl (C=O) groups excluding carboxylic acids is 1. The van der Waals surface area contributed by atoms with Crippen LogP contribution in [-0.4, -0.2) is 33.8 Å². The van der Waals surface area contributed by atoms with Crippen molar-refractivity contribution in [3.8, 4) is 0 Å². The van der Waals surface area contributed by atoms with Crippen molar-refractivity contribution in [2.45, 2.75) is 18.1 Å². The molecule has 0 spiro atoms. The fourth-order valence-electron chi connectivity index (χ4n) is 1.07. The van der Waals surface area contributed by atoms with E-state index in [0.717, 1.165) is 0 Å². The van der Waals surface area contributed by atoms with Crippen molar-refractivity contribution >= 4 is 11.9 Å². The molecular formula is C6H7NO4. The third-order valence-corrected chi connectivity index (χ3v) is 1.80. The van der Waals surface area contributed by atoms with Gasteiger partial charge in [0, 0.05) is 12.5 Å². The summed E-state index contributed by atoms with van der Waals surface area (Å²) in [5.41, 5.74) is 2.90. The number of carbonyl (C=O) groups is 1. The number of carboxylic acid groups (broad SMARTS) is 1. The van der Waals surface area contributed by atoms with E-state index < -0.39 is 17.6 Å². The van der Waals surface area contributed by atoms with Crippen LogP contribution in [0.2, 0.25) is 0 Å². The molecule has 4 N–H and O–H groups in total. The minimum Gasteiger partial charge on any atom is -0.479 e. The van der Waals surface area contributed by atoms with Gasteiger partial charge in [-0.1, -0.05) is 0 Å². The first-order chi connectivity index (χ1) is 5.02. The molecule has 1 aliphatic rings. The quantitative estimate of drug-likeness (QED) is 0.393. The van der Waals surface area contributed by atoms with Gasteiger partial charge in [-0.25, -0.2) is 9.59 Å². The lowest BCUT2D eigenvalue weighted by Gasteiger charge is -2.38. The molecule has 0 aromatic carbocycles. The maximum atomic E-state index is 10.3. The zero-order valence-corrected chi connectivity index (χ0v) is 5.57. The van der Waals surface area contributed by atoms with E-state index in [1.807, 2.05) is 0 Å². The Balaban J connectivity index is 2.95. The van der Waals surface area contributed by atoms with Gasteiger partial charge in [-0.3, -0.25) is 0 Å². The summed E-state index contributed by atoms with van der Waals surface area (Å²) in [6.45, 7) is 0. The minimum atomic E-state index is -2.05. The summed E-state index contributed by atoms with van der Waals surface area (Å²) >= 11 is 0. The summed E-state index contributed by atoms with van der Waals surface area (Å²) < 4.78 is 0. The molecule has 2 atom stereocenters. The fraction of sp³-hybridized carbons (Fsp3) is 0.500. The first-order valence-corrected chi connectivity index (χ1v) is 2.99. The summed E-state index contributed by atoms with van der Waals surface area (Å²) in [5.74, 6) is -0.113. The fourth-order valence-corrected chi connectivity index (χ4v) is 1.07. The van der Waals surface area contributed by atoms with Crippen LogP contribution < -0.4 is 5.73 Å². The Labute approximate surface area is 62.1 Å². The lowest BCUT2D eigenvalue weighted by Crippen LogP contribution is -2.59. The number of hydrogen-bond donors (Lipinski definition) is 3. The van der Waals surface area contributed by atoms with Crippen LogP contribution in [0.15, 0.2) is 5.57 Å². The number of nitrogens with two attached hydrogens (primary N) is 1. The Morgan fingerprint density at radius 3 is 2.55 bits per heavy atom. The van der Waals surface area contributed by atoms with Gasteiger partial charge in [-0.15, -0.1) is 0 Å². The number of hydrogen-bond acceptors (Lipinski definition) is 4. The van der Waals surface area contributed by atoms with Crippen molar-refractivity contribution in [2.75, 3.05) is 0 Å². The third kappa shape index (κ3) is 0.867. The van der Waals surface area contributed by atoms with E-state index in [1.165, 1.54) is 5.94 Å². The summed E-state index contributed by atoms with van der Waals surface area (Å²) in [6, 6.07) is -0.659. The van der Waals surface area contributed by atoms with Crippen molar-refractivity contribution in [3.05, 3.63) is 5.57 Å². The zero-order valence-electron chi connectivity index (χ0n) is 5.57. The second kappa shape index (κ2) is 2.17. The normalized spacial score (nSPS) is 35.8. The lowest BCUT2D eigenvalue weighted by molar-refractivity contribution is -0.159. The van der Waals surface area contributed by atoms with Crippen LogP contribution in [0.4, 0.5) is 0 Å². The molecule has 0 aromatic heterocycles. The molecule has 2 unspecified atom stereocenters. The second-order valence-corrected chi connectivity index (χ2v) is 2.49. The molecule has 5 nitrogen and oxygen atoms in total. The van der Waals surface area contributed by atoms with Crippen molar-refractivity contribution in [1.82, 2.24) is 0 Å². The van der Waals surface area contributed by atoms with E-state index in [9.17, 15) is 9.59 Å². The first-order valence-electron chi connectivity index (χ1n) is 2.99. The van der Waals surface area contributed by atoms with Crippen molar-refractivity contribution in [2.24, 2.45) is 5.73 Å². The number of rotatable bonds is 1. The van der Waals surface area contributed by atoms with Crippen molar-refractivity contribution in [3.63, 3.8) is 0 Å². The highest BCUT2D eigenvalue weighted by atomic mass is 16.4. The molecule has 60 valence electrons. The van der Waals surface area contributed by atoms with Gasteiger partial charge < -0.3 is 15.9 Å². The van der Waals surface area contributed by atoms with Gasteiger partial charge in [0.1, 0.15) is 5.94 Å². The molecule has 5 heteroatoms. The van der Waals surface area contributed by atoms with Crippen molar-refractivity contribution < 1.29 is 19.8 Å². The predicted octanol–water partition coefficient (Wildman–Crippen LogP) is -1.71. The van der Waals surface area contributed by atoms with E-state index in [0.29, 0.717) is 0 Å². The molecule has 11 heavy (non-hydrogen) atoms. The minimum absolute atomic E-state index is 0.118. The molecule has 0 amide bonds. The van der Waals surface area contributed by atoms with Gasteiger partial charge in [0.25, 0.3) is 0 Å². The molecular weight excluding hydrogens is 150 g/mol. The lowest BCUT2D eigenvalue weighted by atomic mass is 9.71. The van der Waals surface area contributed by atoms with Crippen LogP contribution in [0.1, 0.15) is 6.42 Å². The average Bonchev–Trinajstić information content (AvgIpc) is 1.87. The average molecular weight is 157 g/mol. The third-order valence-electron chi connectivity index (χ3n) is 1.80. The molecule has 0 saturated heterocycles. The first kappa shape index (κ1) is 7.94. The van der Waals surface area contributed by atoms with Crippen LogP contribution in [0.3, 0.4) is 0 Å². The largest absolute Gasteiger partial charge is 0.479 e. The smallest absolute Gasteiger partial charge is 0.340 e. The van der Waals surface area contributed by atoms with E-state index in [1.54, 1.807) is 0 Å². The van der Waals surface area contributed by atoms with E-state index in [-0.39, 0.29) is 12.0 Å². The maximum Gasteiger partial charge on any atom is 0.340 e. The Morgan fingerprint density at radius 2 is 2.36 bits per heavy atom. The van der Waals surface area contributed by atoms with E-state index >= 15 is 0 Å².